The lowest BCUT2D eigenvalue weighted by Crippen LogP contribution is -2.15. The maximum absolute atomic E-state index is 12.5. The normalized spacial score (nSPS) is 11.1. The van der Waals surface area contributed by atoms with Crippen LogP contribution in [0.25, 0.3) is 0 Å². The fourth-order valence-electron chi connectivity index (χ4n) is 1.97. The summed E-state index contributed by atoms with van der Waals surface area (Å²) < 4.78 is 42.5. The van der Waals surface area contributed by atoms with Crippen molar-refractivity contribution in [3.8, 4) is 5.75 Å². The first-order valence-electron chi connectivity index (χ1n) is 6.49. The number of anilines is 1. The number of carbonyl (C=O) groups is 1. The van der Waals surface area contributed by atoms with Gasteiger partial charge in [-0.15, -0.1) is 0 Å². The van der Waals surface area contributed by atoms with E-state index in [2.05, 4.69) is 5.32 Å². The predicted octanol–water partition coefficient (Wildman–Crippen LogP) is 3.90. The molecule has 0 bridgehead atoms. The van der Waals surface area contributed by atoms with E-state index in [0.717, 1.165) is 12.1 Å². The molecule has 3 nitrogen and oxygen atoms in total. The minimum absolute atomic E-state index is 0.0744. The highest BCUT2D eigenvalue weighted by Gasteiger charge is 2.29. The number of halogens is 3. The van der Waals surface area contributed by atoms with E-state index in [-0.39, 0.29) is 12.3 Å². The van der Waals surface area contributed by atoms with Crippen LogP contribution in [0.3, 0.4) is 0 Å². The Bertz CT molecular complexity index is 651. The van der Waals surface area contributed by atoms with Gasteiger partial charge in [-0.25, -0.2) is 0 Å². The highest BCUT2D eigenvalue weighted by molar-refractivity contribution is 5.92. The van der Waals surface area contributed by atoms with Crippen molar-refractivity contribution in [3.63, 3.8) is 0 Å². The van der Waals surface area contributed by atoms with E-state index >= 15 is 0 Å². The van der Waals surface area contributed by atoms with Crippen LogP contribution in [0.4, 0.5) is 18.9 Å². The van der Waals surface area contributed by atoms with Crippen molar-refractivity contribution in [2.45, 2.75) is 12.6 Å². The smallest absolute Gasteiger partial charge is 0.416 e. The van der Waals surface area contributed by atoms with Gasteiger partial charge in [0.2, 0.25) is 5.91 Å². The van der Waals surface area contributed by atoms with E-state index in [1.807, 2.05) is 0 Å². The zero-order chi connectivity index (χ0) is 16.2. The number of nitrogens with one attached hydrogen (secondary N) is 1. The van der Waals surface area contributed by atoms with Crippen LogP contribution in [-0.4, -0.2) is 13.0 Å². The summed E-state index contributed by atoms with van der Waals surface area (Å²) in [5.41, 5.74) is 0.262. The molecule has 1 N–H and O–H groups in total. The van der Waals surface area contributed by atoms with Gasteiger partial charge in [0.25, 0.3) is 0 Å². The number of para-hydroxylation sites is 1. The Morgan fingerprint density at radius 3 is 2.32 bits per heavy atom. The zero-order valence-electron chi connectivity index (χ0n) is 11.8. The molecular formula is C16H14F3NO2. The number of methoxy groups -OCH3 is 1. The van der Waals surface area contributed by atoms with E-state index in [1.165, 1.54) is 19.2 Å². The molecule has 1 amide bonds. The third-order valence-electron chi connectivity index (χ3n) is 3.04. The van der Waals surface area contributed by atoms with Crippen LogP contribution >= 0.6 is 0 Å². The molecule has 0 heterocycles. The Kier molecular flexibility index (Phi) is 4.70. The molecule has 22 heavy (non-hydrogen) atoms. The molecule has 0 atom stereocenters. The summed E-state index contributed by atoms with van der Waals surface area (Å²) in [6.07, 6.45) is -4.31. The molecule has 2 rings (SSSR count). The summed E-state index contributed by atoms with van der Waals surface area (Å²) in [5, 5.41) is 2.56. The molecule has 0 aromatic heterocycles. The van der Waals surface area contributed by atoms with Crippen LogP contribution in [0.1, 0.15) is 11.1 Å². The molecule has 2 aromatic carbocycles. The zero-order valence-corrected chi connectivity index (χ0v) is 11.8. The number of hydrogen-bond donors (Lipinski definition) is 1. The number of benzene rings is 2. The molecule has 0 radical (unpaired) electrons. The lowest BCUT2D eigenvalue weighted by Gasteiger charge is -2.10. The van der Waals surface area contributed by atoms with Crippen LogP contribution in [0.15, 0.2) is 48.5 Å². The van der Waals surface area contributed by atoms with Crippen LogP contribution in [0, 0.1) is 0 Å². The highest BCUT2D eigenvalue weighted by Crippen LogP contribution is 2.29. The SMILES string of the molecule is COc1ccccc1CC(=O)Nc1ccc(C(F)(F)F)cc1. The Balaban J connectivity index is 2.03. The van der Waals surface area contributed by atoms with Gasteiger partial charge >= 0.3 is 6.18 Å². The van der Waals surface area contributed by atoms with Gasteiger partial charge in [-0.1, -0.05) is 18.2 Å². The van der Waals surface area contributed by atoms with Crippen molar-refractivity contribution in [2.75, 3.05) is 12.4 Å². The summed E-state index contributed by atoms with van der Waals surface area (Å²) in [7, 11) is 1.51. The second kappa shape index (κ2) is 6.51. The van der Waals surface area contributed by atoms with E-state index in [9.17, 15) is 18.0 Å². The number of hydrogen-bond acceptors (Lipinski definition) is 2. The number of carbonyl (C=O) groups excluding carboxylic acids is 1. The lowest BCUT2D eigenvalue weighted by molar-refractivity contribution is -0.137. The van der Waals surface area contributed by atoms with E-state index < -0.39 is 11.7 Å². The van der Waals surface area contributed by atoms with Crippen molar-refractivity contribution in [3.05, 3.63) is 59.7 Å². The Hall–Kier alpha value is -2.50. The standard InChI is InChI=1S/C16H14F3NO2/c1-22-14-5-3-2-4-11(14)10-15(21)20-13-8-6-12(7-9-13)16(17,18)19/h2-9H,10H2,1H3,(H,20,21). The topological polar surface area (TPSA) is 38.3 Å². The summed E-state index contributed by atoms with van der Waals surface area (Å²) in [6.45, 7) is 0. The molecule has 0 aliphatic carbocycles. The molecule has 0 fully saturated rings. The van der Waals surface area contributed by atoms with Crippen LogP contribution in [-0.2, 0) is 17.4 Å². The minimum Gasteiger partial charge on any atom is -0.496 e. The van der Waals surface area contributed by atoms with Gasteiger partial charge in [0, 0.05) is 11.3 Å². The van der Waals surface area contributed by atoms with Gasteiger partial charge in [-0.2, -0.15) is 13.2 Å². The van der Waals surface area contributed by atoms with Crippen molar-refractivity contribution >= 4 is 11.6 Å². The van der Waals surface area contributed by atoms with Crippen LogP contribution < -0.4 is 10.1 Å². The van der Waals surface area contributed by atoms with Crippen molar-refractivity contribution in [1.82, 2.24) is 0 Å². The minimum atomic E-state index is -4.39. The Labute approximate surface area is 125 Å². The summed E-state index contributed by atoms with van der Waals surface area (Å²) in [5.74, 6) is 0.259. The molecule has 0 spiro atoms. The summed E-state index contributed by atoms with van der Waals surface area (Å²) in [4.78, 5) is 11.9. The summed E-state index contributed by atoms with van der Waals surface area (Å²) in [6, 6.07) is 11.4. The van der Waals surface area contributed by atoms with Crippen LogP contribution in [0.5, 0.6) is 5.75 Å². The molecule has 0 aliphatic heterocycles. The quantitative estimate of drug-likeness (QED) is 0.930. The average molecular weight is 309 g/mol. The molecule has 0 aliphatic rings. The van der Waals surface area contributed by atoms with Gasteiger partial charge in [-0.3, -0.25) is 4.79 Å². The molecule has 6 heteroatoms. The monoisotopic (exact) mass is 309 g/mol. The Morgan fingerprint density at radius 2 is 1.73 bits per heavy atom. The van der Waals surface area contributed by atoms with Gasteiger partial charge in [-0.05, 0) is 30.3 Å². The third-order valence-corrected chi connectivity index (χ3v) is 3.04. The van der Waals surface area contributed by atoms with Gasteiger partial charge < -0.3 is 10.1 Å². The number of ether oxygens (including phenoxy) is 1. The summed E-state index contributed by atoms with van der Waals surface area (Å²) >= 11 is 0. The molecular weight excluding hydrogens is 295 g/mol. The third kappa shape index (κ3) is 4.00. The van der Waals surface area contributed by atoms with Gasteiger partial charge in [0.1, 0.15) is 5.75 Å². The van der Waals surface area contributed by atoms with Gasteiger partial charge in [0.05, 0.1) is 19.1 Å². The number of amides is 1. The maximum Gasteiger partial charge on any atom is 0.416 e. The largest absolute Gasteiger partial charge is 0.496 e. The molecule has 0 saturated heterocycles. The first-order valence-corrected chi connectivity index (χ1v) is 6.49. The van der Waals surface area contributed by atoms with Crippen molar-refractivity contribution < 1.29 is 22.7 Å². The van der Waals surface area contributed by atoms with E-state index in [4.69, 9.17) is 4.74 Å². The van der Waals surface area contributed by atoms with Crippen LogP contribution in [0.2, 0.25) is 0 Å². The molecule has 116 valence electrons. The molecule has 2 aromatic rings. The van der Waals surface area contributed by atoms with Crippen molar-refractivity contribution in [2.24, 2.45) is 0 Å². The van der Waals surface area contributed by atoms with Crippen molar-refractivity contribution in [1.29, 1.82) is 0 Å². The highest BCUT2D eigenvalue weighted by atomic mass is 19.4. The first-order chi connectivity index (χ1) is 10.4. The molecule has 0 unspecified atom stereocenters. The first kappa shape index (κ1) is 15.9. The Morgan fingerprint density at radius 1 is 1.09 bits per heavy atom. The average Bonchev–Trinajstić information content (AvgIpc) is 2.47. The fraction of sp³-hybridized carbons (Fsp3) is 0.188. The number of rotatable bonds is 4. The second-order valence-corrected chi connectivity index (χ2v) is 4.61. The van der Waals surface area contributed by atoms with E-state index in [1.54, 1.807) is 24.3 Å². The predicted molar refractivity (Wildman–Crippen MR) is 76.8 cm³/mol. The molecule has 0 saturated carbocycles. The van der Waals surface area contributed by atoms with E-state index in [0.29, 0.717) is 17.0 Å². The fourth-order valence-corrected chi connectivity index (χ4v) is 1.97. The number of alkyl halides is 3. The lowest BCUT2D eigenvalue weighted by atomic mass is 10.1. The maximum atomic E-state index is 12.5. The van der Waals surface area contributed by atoms with Gasteiger partial charge in [0.15, 0.2) is 0 Å². The second-order valence-electron chi connectivity index (χ2n) is 4.61.